The number of pyridine rings is 2. The van der Waals surface area contributed by atoms with Gasteiger partial charge in [0, 0.05) is 24.7 Å². The molecule has 5 rings (SSSR count). The highest BCUT2D eigenvalue weighted by Gasteiger charge is 2.32. The number of halogens is 1. The molecule has 1 fully saturated rings. The van der Waals surface area contributed by atoms with Gasteiger partial charge in [-0.2, -0.15) is 0 Å². The molecule has 0 radical (unpaired) electrons. The predicted octanol–water partition coefficient (Wildman–Crippen LogP) is 4.69. The van der Waals surface area contributed by atoms with Gasteiger partial charge in [-0.25, -0.2) is 9.97 Å². The Kier molecular flexibility index (Phi) is 6.82. The molecular formula is C25H27ClN6O2S. The summed E-state index contributed by atoms with van der Waals surface area (Å²) in [5, 5.41) is 14.1. The van der Waals surface area contributed by atoms with E-state index in [1.54, 1.807) is 12.4 Å². The second-order valence-electron chi connectivity index (χ2n) is 9.42. The zero-order valence-electron chi connectivity index (χ0n) is 19.6. The van der Waals surface area contributed by atoms with Crippen molar-refractivity contribution in [2.24, 2.45) is 5.92 Å². The van der Waals surface area contributed by atoms with Gasteiger partial charge < -0.3 is 15.0 Å². The maximum absolute atomic E-state index is 12.7. The highest BCUT2D eigenvalue weighted by molar-refractivity contribution is 7.17. The molecule has 1 saturated carbocycles. The van der Waals surface area contributed by atoms with Crippen LogP contribution in [0, 0.1) is 5.92 Å². The summed E-state index contributed by atoms with van der Waals surface area (Å²) < 4.78 is 2.71. The van der Waals surface area contributed by atoms with Crippen LogP contribution in [0.5, 0.6) is 0 Å². The van der Waals surface area contributed by atoms with Crippen molar-refractivity contribution in [2.45, 2.75) is 57.7 Å². The molecule has 2 N–H and O–H groups in total. The van der Waals surface area contributed by atoms with Crippen molar-refractivity contribution in [1.29, 1.82) is 0 Å². The van der Waals surface area contributed by atoms with Crippen molar-refractivity contribution in [3.05, 3.63) is 58.0 Å². The molecule has 10 heteroatoms. The van der Waals surface area contributed by atoms with E-state index < -0.39 is 6.10 Å². The van der Waals surface area contributed by atoms with Gasteiger partial charge >= 0.3 is 0 Å². The van der Waals surface area contributed by atoms with E-state index in [0.717, 1.165) is 46.0 Å². The van der Waals surface area contributed by atoms with Crippen LogP contribution in [0.4, 0.5) is 0 Å². The average Bonchev–Trinajstić information content (AvgIpc) is 3.41. The van der Waals surface area contributed by atoms with Crippen LogP contribution in [0.25, 0.3) is 22.4 Å². The first kappa shape index (κ1) is 23.8. The Labute approximate surface area is 212 Å². The van der Waals surface area contributed by atoms with Gasteiger partial charge in [0.2, 0.25) is 0 Å². The molecule has 0 saturated heterocycles. The van der Waals surface area contributed by atoms with Gasteiger partial charge in [0.25, 0.3) is 5.91 Å². The molecule has 4 aromatic rings. The van der Waals surface area contributed by atoms with Crippen molar-refractivity contribution in [3.63, 3.8) is 0 Å². The highest BCUT2D eigenvalue weighted by Crippen LogP contribution is 2.35. The number of aromatic nitrogens is 5. The molecule has 3 atom stereocenters. The van der Waals surface area contributed by atoms with Gasteiger partial charge in [0.05, 0.1) is 35.4 Å². The third-order valence-corrected chi connectivity index (χ3v) is 7.31. The van der Waals surface area contributed by atoms with E-state index in [1.165, 1.54) is 6.20 Å². The first-order valence-electron chi connectivity index (χ1n) is 11.8. The normalized spacial score (nSPS) is 20.4. The van der Waals surface area contributed by atoms with E-state index in [1.807, 2.05) is 24.3 Å². The molecule has 4 heterocycles. The molecule has 35 heavy (non-hydrogen) atoms. The SMILES string of the molecule is CC(C)Cc1nc2cnc(-c3ccccn3)cc2n1[C@@H]1C[C@@H](O)C[C@H](NC(=O)c2ncc(Cl)s2)C1. The number of hydrogen-bond acceptors (Lipinski definition) is 7. The summed E-state index contributed by atoms with van der Waals surface area (Å²) in [7, 11) is 0. The van der Waals surface area contributed by atoms with E-state index in [0.29, 0.717) is 34.5 Å². The number of fused-ring (bicyclic) bond motifs is 1. The first-order valence-corrected chi connectivity index (χ1v) is 13.0. The second kappa shape index (κ2) is 10.0. The van der Waals surface area contributed by atoms with E-state index in [4.69, 9.17) is 16.6 Å². The van der Waals surface area contributed by atoms with Crippen LogP contribution in [-0.2, 0) is 6.42 Å². The Balaban J connectivity index is 1.49. The van der Waals surface area contributed by atoms with Crippen LogP contribution in [0.1, 0.15) is 54.8 Å². The average molecular weight is 511 g/mol. The number of aliphatic hydroxyl groups excluding tert-OH is 1. The Morgan fingerprint density at radius 1 is 1.20 bits per heavy atom. The van der Waals surface area contributed by atoms with Crippen molar-refractivity contribution < 1.29 is 9.90 Å². The fourth-order valence-electron chi connectivity index (χ4n) is 4.81. The predicted molar refractivity (Wildman–Crippen MR) is 137 cm³/mol. The van der Waals surface area contributed by atoms with Crippen LogP contribution in [0.15, 0.2) is 42.9 Å². The quantitative estimate of drug-likeness (QED) is 0.390. The molecule has 0 unspecified atom stereocenters. The minimum absolute atomic E-state index is 0.0262. The number of aliphatic hydroxyl groups is 1. The Morgan fingerprint density at radius 3 is 2.77 bits per heavy atom. The number of rotatable bonds is 6. The van der Waals surface area contributed by atoms with Crippen LogP contribution in [-0.4, -0.2) is 47.7 Å². The minimum atomic E-state index is -0.541. The summed E-state index contributed by atoms with van der Waals surface area (Å²) in [6.45, 7) is 4.33. The van der Waals surface area contributed by atoms with Crippen molar-refractivity contribution in [3.8, 4) is 11.4 Å². The summed E-state index contributed by atoms with van der Waals surface area (Å²) in [4.78, 5) is 30.8. The Morgan fingerprint density at radius 2 is 2.06 bits per heavy atom. The van der Waals surface area contributed by atoms with Gasteiger partial charge in [-0.3, -0.25) is 14.8 Å². The lowest BCUT2D eigenvalue weighted by Crippen LogP contribution is -2.43. The topological polar surface area (TPSA) is 106 Å². The number of imidazole rings is 1. The lowest BCUT2D eigenvalue weighted by atomic mass is 9.88. The molecule has 182 valence electrons. The van der Waals surface area contributed by atoms with Crippen LogP contribution < -0.4 is 5.32 Å². The summed E-state index contributed by atoms with van der Waals surface area (Å²) in [5.41, 5.74) is 3.35. The largest absolute Gasteiger partial charge is 0.393 e. The molecule has 1 aliphatic carbocycles. The third-order valence-electron chi connectivity index (χ3n) is 6.20. The minimum Gasteiger partial charge on any atom is -0.393 e. The standard InChI is InChI=1S/C25H27ClN6O2S/c1-14(2)7-23-31-20-12-28-19(18-5-3-4-6-27-18)11-21(20)32(23)16-8-15(9-17(33)10-16)30-24(34)25-29-13-22(26)35-25/h3-6,11-17,33H,7-10H2,1-2H3,(H,30,34)/t15-,16+,17+/m1/s1. The fourth-order valence-corrected chi connectivity index (χ4v) is 5.63. The molecule has 0 spiro atoms. The molecule has 0 aliphatic heterocycles. The van der Waals surface area contributed by atoms with Gasteiger partial charge in [-0.1, -0.05) is 42.9 Å². The molecule has 0 bridgehead atoms. The first-order chi connectivity index (χ1) is 16.9. The maximum atomic E-state index is 12.7. The van der Waals surface area contributed by atoms with Gasteiger partial charge in [0.1, 0.15) is 15.7 Å². The number of nitrogens with zero attached hydrogens (tertiary/aromatic N) is 5. The maximum Gasteiger partial charge on any atom is 0.280 e. The monoisotopic (exact) mass is 510 g/mol. The lowest BCUT2D eigenvalue weighted by Gasteiger charge is -2.34. The van der Waals surface area contributed by atoms with Crippen molar-refractivity contribution >= 4 is 39.9 Å². The van der Waals surface area contributed by atoms with Crippen LogP contribution >= 0.6 is 22.9 Å². The number of carbonyl (C=O) groups excluding carboxylic acids is 1. The Bertz CT molecular complexity index is 1340. The smallest absolute Gasteiger partial charge is 0.280 e. The Hall–Kier alpha value is -2.88. The molecule has 1 aliphatic rings. The molecule has 0 aromatic carbocycles. The zero-order valence-corrected chi connectivity index (χ0v) is 21.1. The highest BCUT2D eigenvalue weighted by atomic mass is 35.5. The van der Waals surface area contributed by atoms with E-state index in [-0.39, 0.29) is 18.0 Å². The van der Waals surface area contributed by atoms with Crippen molar-refractivity contribution in [2.75, 3.05) is 0 Å². The molecule has 4 aromatic heterocycles. The van der Waals surface area contributed by atoms with Gasteiger partial charge in [0.15, 0.2) is 5.01 Å². The van der Waals surface area contributed by atoms with Gasteiger partial charge in [-0.15, -0.1) is 0 Å². The summed E-state index contributed by atoms with van der Waals surface area (Å²) in [6, 6.07) is 7.56. The second-order valence-corrected chi connectivity index (χ2v) is 11.1. The lowest BCUT2D eigenvalue weighted by molar-refractivity contribution is 0.0740. The number of carbonyl (C=O) groups is 1. The van der Waals surface area contributed by atoms with Crippen LogP contribution in [0.2, 0.25) is 4.34 Å². The van der Waals surface area contributed by atoms with Crippen molar-refractivity contribution in [1.82, 2.24) is 29.8 Å². The molecular weight excluding hydrogens is 484 g/mol. The van der Waals surface area contributed by atoms with E-state index >= 15 is 0 Å². The summed E-state index contributed by atoms with van der Waals surface area (Å²) in [5.74, 6) is 1.11. The number of hydrogen-bond donors (Lipinski definition) is 2. The van der Waals surface area contributed by atoms with E-state index in [2.05, 4.69) is 38.7 Å². The summed E-state index contributed by atoms with van der Waals surface area (Å²) >= 11 is 7.09. The molecule has 8 nitrogen and oxygen atoms in total. The number of thiazole rings is 1. The fraction of sp³-hybridized carbons (Fsp3) is 0.400. The zero-order chi connectivity index (χ0) is 24.5. The van der Waals surface area contributed by atoms with Gasteiger partial charge in [-0.05, 0) is 43.4 Å². The number of amides is 1. The van der Waals surface area contributed by atoms with E-state index in [9.17, 15) is 9.90 Å². The molecule has 1 amide bonds. The third kappa shape index (κ3) is 5.22. The van der Waals surface area contributed by atoms with Crippen LogP contribution in [0.3, 0.4) is 0 Å². The number of nitrogens with one attached hydrogen (secondary N) is 1. The summed E-state index contributed by atoms with van der Waals surface area (Å²) in [6.07, 6.45) is 7.05.